The van der Waals surface area contributed by atoms with Crippen LogP contribution in [0.3, 0.4) is 0 Å². The van der Waals surface area contributed by atoms with E-state index in [1.165, 1.54) is 49.9 Å². The first-order valence-corrected chi connectivity index (χ1v) is 10.0. The van der Waals surface area contributed by atoms with Gasteiger partial charge >= 0.3 is 0 Å². The van der Waals surface area contributed by atoms with Gasteiger partial charge < -0.3 is 10.2 Å². The number of rotatable bonds is 5. The van der Waals surface area contributed by atoms with Gasteiger partial charge in [0.25, 0.3) is 5.91 Å². The normalized spacial score (nSPS) is 20.1. The minimum absolute atomic E-state index is 0.0187. The van der Waals surface area contributed by atoms with Crippen LogP contribution in [-0.2, 0) is 4.79 Å². The van der Waals surface area contributed by atoms with Crippen molar-refractivity contribution in [2.75, 3.05) is 26.2 Å². The number of hydrogen-bond acceptors (Lipinski definition) is 3. The van der Waals surface area contributed by atoms with E-state index in [1.807, 2.05) is 18.7 Å². The van der Waals surface area contributed by atoms with Crippen LogP contribution in [0.25, 0.3) is 0 Å². The maximum atomic E-state index is 13.1. The zero-order valence-corrected chi connectivity index (χ0v) is 16.3. The highest BCUT2D eigenvalue weighted by Crippen LogP contribution is 2.24. The monoisotopic (exact) mass is 375 g/mol. The molecule has 1 saturated carbocycles. The third kappa shape index (κ3) is 4.86. The van der Waals surface area contributed by atoms with E-state index >= 15 is 0 Å². The van der Waals surface area contributed by atoms with E-state index in [9.17, 15) is 14.0 Å². The number of piperazine rings is 1. The molecule has 1 unspecified atom stereocenters. The quantitative estimate of drug-likeness (QED) is 0.861. The van der Waals surface area contributed by atoms with Gasteiger partial charge in [0, 0.05) is 37.8 Å². The Hall–Kier alpha value is -1.95. The largest absolute Gasteiger partial charge is 0.340 e. The number of carbonyl (C=O) groups excluding carboxylic acids is 2. The molecule has 1 atom stereocenters. The third-order valence-electron chi connectivity index (χ3n) is 5.79. The van der Waals surface area contributed by atoms with Gasteiger partial charge in [-0.25, -0.2) is 4.39 Å². The number of benzene rings is 1. The lowest BCUT2D eigenvalue weighted by atomic mass is 10.0. The van der Waals surface area contributed by atoms with Crippen molar-refractivity contribution < 1.29 is 14.0 Å². The first-order chi connectivity index (χ1) is 13.0. The Morgan fingerprint density at radius 2 is 1.63 bits per heavy atom. The number of nitrogens with one attached hydrogen (secondary N) is 1. The first kappa shape index (κ1) is 19.8. The molecule has 1 heterocycles. The first-order valence-electron chi connectivity index (χ1n) is 10.0. The van der Waals surface area contributed by atoms with Crippen molar-refractivity contribution in [1.29, 1.82) is 0 Å². The van der Waals surface area contributed by atoms with E-state index in [0.29, 0.717) is 24.7 Å². The van der Waals surface area contributed by atoms with Crippen molar-refractivity contribution in [1.82, 2.24) is 15.1 Å². The average molecular weight is 375 g/mol. The van der Waals surface area contributed by atoms with E-state index < -0.39 is 6.04 Å². The Balaban J connectivity index is 1.58. The van der Waals surface area contributed by atoms with E-state index in [4.69, 9.17) is 0 Å². The summed E-state index contributed by atoms with van der Waals surface area (Å²) in [6.07, 6.45) is 5.18. The minimum Gasteiger partial charge on any atom is -0.340 e. The topological polar surface area (TPSA) is 52.7 Å². The number of carbonyl (C=O) groups is 2. The standard InChI is InChI=1S/C21H30FN3O2/c1-15(2)19(23-20(26)16-7-9-17(22)10-8-16)21(27)25-13-11-24(12-14-25)18-5-3-4-6-18/h7-10,15,18-19H,3-6,11-14H2,1-2H3,(H,23,26). The summed E-state index contributed by atoms with van der Waals surface area (Å²) >= 11 is 0. The van der Waals surface area contributed by atoms with E-state index in [-0.39, 0.29) is 23.5 Å². The fourth-order valence-corrected chi connectivity index (χ4v) is 4.11. The number of nitrogens with zero attached hydrogens (tertiary/aromatic N) is 2. The molecule has 6 heteroatoms. The summed E-state index contributed by atoms with van der Waals surface area (Å²) in [5.74, 6) is -0.767. The Bertz CT molecular complexity index is 648. The smallest absolute Gasteiger partial charge is 0.251 e. The fourth-order valence-electron chi connectivity index (χ4n) is 4.11. The van der Waals surface area contributed by atoms with Crippen molar-refractivity contribution in [3.05, 3.63) is 35.6 Å². The van der Waals surface area contributed by atoms with Gasteiger partial charge in [0.2, 0.25) is 5.91 Å². The Morgan fingerprint density at radius 3 is 2.19 bits per heavy atom. The van der Waals surface area contributed by atoms with Gasteiger partial charge in [0.05, 0.1) is 0 Å². The van der Waals surface area contributed by atoms with Gasteiger partial charge in [-0.05, 0) is 43.0 Å². The van der Waals surface area contributed by atoms with Crippen LogP contribution in [0.1, 0.15) is 49.9 Å². The molecule has 148 valence electrons. The second kappa shape index (κ2) is 8.83. The Kier molecular flexibility index (Phi) is 6.47. The Morgan fingerprint density at radius 1 is 1.04 bits per heavy atom. The van der Waals surface area contributed by atoms with Crippen molar-refractivity contribution in [3.63, 3.8) is 0 Å². The molecule has 1 N–H and O–H groups in total. The van der Waals surface area contributed by atoms with Crippen LogP contribution in [-0.4, -0.2) is 59.9 Å². The highest BCUT2D eigenvalue weighted by Gasteiger charge is 2.32. The predicted octanol–water partition coefficient (Wildman–Crippen LogP) is 2.67. The molecule has 1 aromatic rings. The molecule has 2 fully saturated rings. The molecule has 3 rings (SSSR count). The van der Waals surface area contributed by atoms with Gasteiger partial charge in [0.1, 0.15) is 11.9 Å². The number of halogens is 1. The summed E-state index contributed by atoms with van der Waals surface area (Å²) in [6.45, 7) is 7.11. The summed E-state index contributed by atoms with van der Waals surface area (Å²) < 4.78 is 13.1. The van der Waals surface area contributed by atoms with Crippen molar-refractivity contribution in [3.8, 4) is 0 Å². The predicted molar refractivity (Wildman–Crippen MR) is 103 cm³/mol. The van der Waals surface area contributed by atoms with E-state index in [1.54, 1.807) is 0 Å². The zero-order valence-electron chi connectivity index (χ0n) is 16.3. The second-order valence-electron chi connectivity index (χ2n) is 8.00. The lowest BCUT2D eigenvalue weighted by molar-refractivity contribution is -0.136. The fraction of sp³-hybridized carbons (Fsp3) is 0.619. The second-order valence-corrected chi connectivity index (χ2v) is 8.00. The van der Waals surface area contributed by atoms with Crippen LogP contribution >= 0.6 is 0 Å². The summed E-state index contributed by atoms with van der Waals surface area (Å²) in [7, 11) is 0. The van der Waals surface area contributed by atoms with Crippen molar-refractivity contribution in [2.24, 2.45) is 5.92 Å². The molecule has 2 amide bonds. The molecule has 5 nitrogen and oxygen atoms in total. The number of amides is 2. The molecule has 0 bridgehead atoms. The van der Waals surface area contributed by atoms with E-state index in [2.05, 4.69) is 10.2 Å². The van der Waals surface area contributed by atoms with Crippen LogP contribution < -0.4 is 5.32 Å². The van der Waals surface area contributed by atoms with Gasteiger partial charge in [-0.3, -0.25) is 14.5 Å². The molecular formula is C21H30FN3O2. The molecule has 2 aliphatic rings. The summed E-state index contributed by atoms with van der Waals surface area (Å²) in [6, 6.07) is 5.49. The van der Waals surface area contributed by atoms with Crippen molar-refractivity contribution in [2.45, 2.75) is 51.6 Å². The molecule has 1 aliphatic carbocycles. The molecular weight excluding hydrogens is 345 g/mol. The molecule has 0 aromatic heterocycles. The molecule has 1 saturated heterocycles. The lowest BCUT2D eigenvalue weighted by Gasteiger charge is -2.39. The van der Waals surface area contributed by atoms with Crippen LogP contribution in [0.5, 0.6) is 0 Å². The highest BCUT2D eigenvalue weighted by molar-refractivity contribution is 5.97. The molecule has 1 aliphatic heterocycles. The molecule has 0 radical (unpaired) electrons. The highest BCUT2D eigenvalue weighted by atomic mass is 19.1. The van der Waals surface area contributed by atoms with Crippen LogP contribution in [0.4, 0.5) is 4.39 Å². The molecule has 27 heavy (non-hydrogen) atoms. The summed E-state index contributed by atoms with van der Waals surface area (Å²) in [4.78, 5) is 29.9. The Labute approximate surface area is 160 Å². The zero-order chi connectivity index (χ0) is 19.4. The summed E-state index contributed by atoms with van der Waals surface area (Å²) in [5.41, 5.74) is 0.362. The molecule has 0 spiro atoms. The van der Waals surface area contributed by atoms with Crippen LogP contribution in [0.2, 0.25) is 0 Å². The van der Waals surface area contributed by atoms with Gasteiger partial charge in [-0.15, -0.1) is 0 Å². The summed E-state index contributed by atoms with van der Waals surface area (Å²) in [5, 5.41) is 2.85. The number of hydrogen-bond donors (Lipinski definition) is 1. The van der Waals surface area contributed by atoms with Crippen LogP contribution in [0.15, 0.2) is 24.3 Å². The van der Waals surface area contributed by atoms with Gasteiger partial charge in [-0.1, -0.05) is 26.7 Å². The SMILES string of the molecule is CC(C)C(NC(=O)c1ccc(F)cc1)C(=O)N1CCN(C2CCCC2)CC1. The third-order valence-corrected chi connectivity index (χ3v) is 5.79. The maximum absolute atomic E-state index is 13.1. The van der Waals surface area contributed by atoms with Crippen LogP contribution in [0, 0.1) is 11.7 Å². The molecule has 1 aromatic carbocycles. The van der Waals surface area contributed by atoms with E-state index in [0.717, 1.165) is 13.1 Å². The average Bonchev–Trinajstić information content (AvgIpc) is 3.20. The minimum atomic E-state index is -0.569. The van der Waals surface area contributed by atoms with Gasteiger partial charge in [0.15, 0.2) is 0 Å². The van der Waals surface area contributed by atoms with Crippen molar-refractivity contribution >= 4 is 11.8 Å². The van der Waals surface area contributed by atoms with Gasteiger partial charge in [-0.2, -0.15) is 0 Å². The lowest BCUT2D eigenvalue weighted by Crippen LogP contribution is -2.57. The maximum Gasteiger partial charge on any atom is 0.251 e.